The van der Waals surface area contributed by atoms with Gasteiger partial charge in [0.05, 0.1) is 6.61 Å². The van der Waals surface area contributed by atoms with E-state index >= 15 is 0 Å². The highest BCUT2D eigenvalue weighted by molar-refractivity contribution is 5.49. The van der Waals surface area contributed by atoms with Crippen LogP contribution in [0.3, 0.4) is 0 Å². The lowest BCUT2D eigenvalue weighted by Gasteiger charge is -2.33. The highest BCUT2D eigenvalue weighted by atomic mass is 16.5. The fraction of sp³-hybridized carbons (Fsp3) is 0.727. The van der Waals surface area contributed by atoms with Crippen molar-refractivity contribution in [3.05, 3.63) is 24.3 Å². The van der Waals surface area contributed by atoms with Crippen molar-refractivity contribution in [1.82, 2.24) is 4.90 Å². The highest BCUT2D eigenvalue weighted by Crippen LogP contribution is 2.27. The van der Waals surface area contributed by atoms with Gasteiger partial charge in [-0.15, -0.1) is 0 Å². The van der Waals surface area contributed by atoms with Crippen molar-refractivity contribution >= 4 is 5.69 Å². The van der Waals surface area contributed by atoms with Crippen LogP contribution in [0, 0.1) is 5.92 Å². The standard InChI is InChI=1S/C22H36N2O/c1-3-7-20-13-16-24(18-20)21-9-11-22(12-10-21)25-17-6-15-23-14-5-4-8-19(23)2/h9-12,19-20H,3-8,13-18H2,1-2H3/t19?,20-/m0/s1. The van der Waals surface area contributed by atoms with Gasteiger partial charge in [-0.05, 0) is 75.8 Å². The van der Waals surface area contributed by atoms with Crippen LogP contribution >= 0.6 is 0 Å². The number of hydrogen-bond acceptors (Lipinski definition) is 3. The number of ether oxygens (including phenoxy) is 1. The van der Waals surface area contributed by atoms with E-state index < -0.39 is 0 Å². The average Bonchev–Trinajstić information content (AvgIpc) is 3.10. The fourth-order valence-corrected chi connectivity index (χ4v) is 4.41. The van der Waals surface area contributed by atoms with Gasteiger partial charge in [-0.3, -0.25) is 0 Å². The molecule has 0 spiro atoms. The van der Waals surface area contributed by atoms with Gasteiger partial charge < -0.3 is 14.5 Å². The summed E-state index contributed by atoms with van der Waals surface area (Å²) in [6, 6.07) is 9.51. The molecule has 140 valence electrons. The maximum atomic E-state index is 5.96. The average molecular weight is 345 g/mol. The minimum absolute atomic E-state index is 0.755. The van der Waals surface area contributed by atoms with Crippen LogP contribution in [-0.2, 0) is 0 Å². The molecule has 2 saturated heterocycles. The van der Waals surface area contributed by atoms with Crippen LogP contribution in [-0.4, -0.2) is 43.7 Å². The molecule has 2 aliphatic rings. The van der Waals surface area contributed by atoms with E-state index in [2.05, 4.69) is 47.9 Å². The third kappa shape index (κ3) is 5.37. The Bertz CT molecular complexity index is 501. The Kier molecular flexibility index (Phi) is 7.03. The molecule has 1 unspecified atom stereocenters. The number of anilines is 1. The summed E-state index contributed by atoms with van der Waals surface area (Å²) in [5.74, 6) is 1.90. The quantitative estimate of drug-likeness (QED) is 0.620. The second-order valence-corrected chi connectivity index (χ2v) is 7.97. The Morgan fingerprint density at radius 1 is 1.08 bits per heavy atom. The first kappa shape index (κ1) is 18.6. The summed E-state index contributed by atoms with van der Waals surface area (Å²) in [7, 11) is 0. The van der Waals surface area contributed by atoms with E-state index in [9.17, 15) is 0 Å². The van der Waals surface area contributed by atoms with Crippen LogP contribution < -0.4 is 9.64 Å². The Morgan fingerprint density at radius 2 is 1.92 bits per heavy atom. The number of piperidine rings is 1. The van der Waals surface area contributed by atoms with Crippen molar-refractivity contribution < 1.29 is 4.74 Å². The van der Waals surface area contributed by atoms with Crippen LogP contribution in [0.1, 0.15) is 58.8 Å². The summed E-state index contributed by atoms with van der Waals surface area (Å²) >= 11 is 0. The van der Waals surface area contributed by atoms with Crippen molar-refractivity contribution in [1.29, 1.82) is 0 Å². The first-order valence-corrected chi connectivity index (χ1v) is 10.5. The molecule has 1 aromatic carbocycles. The molecule has 1 aromatic rings. The van der Waals surface area contributed by atoms with Gasteiger partial charge in [-0.1, -0.05) is 19.8 Å². The second-order valence-electron chi connectivity index (χ2n) is 7.97. The van der Waals surface area contributed by atoms with Gasteiger partial charge in [0.2, 0.25) is 0 Å². The molecule has 0 bridgehead atoms. The predicted octanol–water partition coefficient (Wildman–Crippen LogP) is 4.96. The van der Waals surface area contributed by atoms with Crippen molar-refractivity contribution in [2.45, 2.75) is 64.8 Å². The van der Waals surface area contributed by atoms with Crippen molar-refractivity contribution in [3.8, 4) is 5.75 Å². The van der Waals surface area contributed by atoms with Gasteiger partial charge in [0.25, 0.3) is 0 Å². The lowest BCUT2D eigenvalue weighted by molar-refractivity contribution is 0.148. The van der Waals surface area contributed by atoms with Gasteiger partial charge >= 0.3 is 0 Å². The zero-order chi connectivity index (χ0) is 17.5. The van der Waals surface area contributed by atoms with Crippen LogP contribution in [0.2, 0.25) is 0 Å². The highest BCUT2D eigenvalue weighted by Gasteiger charge is 2.21. The van der Waals surface area contributed by atoms with E-state index in [1.807, 2.05) is 0 Å². The molecule has 0 aromatic heterocycles. The number of benzene rings is 1. The minimum Gasteiger partial charge on any atom is -0.494 e. The van der Waals surface area contributed by atoms with Crippen molar-refractivity contribution in [2.75, 3.05) is 37.7 Å². The lowest BCUT2D eigenvalue weighted by Crippen LogP contribution is -2.38. The van der Waals surface area contributed by atoms with Crippen LogP contribution in [0.25, 0.3) is 0 Å². The Hall–Kier alpha value is -1.22. The summed E-state index contributed by atoms with van der Waals surface area (Å²) in [5.41, 5.74) is 1.35. The number of hydrogen-bond donors (Lipinski definition) is 0. The van der Waals surface area contributed by atoms with Gasteiger partial charge in [0.15, 0.2) is 0 Å². The molecule has 3 heteroatoms. The second kappa shape index (κ2) is 9.47. The molecule has 3 rings (SSSR count). The third-order valence-corrected chi connectivity index (χ3v) is 5.98. The Morgan fingerprint density at radius 3 is 2.68 bits per heavy atom. The first-order chi connectivity index (χ1) is 12.3. The smallest absolute Gasteiger partial charge is 0.119 e. The molecule has 2 aliphatic heterocycles. The Labute approximate surface area is 154 Å². The molecule has 3 nitrogen and oxygen atoms in total. The zero-order valence-corrected chi connectivity index (χ0v) is 16.3. The number of rotatable bonds is 8. The number of likely N-dealkylation sites (tertiary alicyclic amines) is 1. The summed E-state index contributed by atoms with van der Waals surface area (Å²) in [4.78, 5) is 5.15. The largest absolute Gasteiger partial charge is 0.494 e. The SMILES string of the molecule is CCC[C@H]1CCN(c2ccc(OCCCN3CCCCC3C)cc2)C1. The van der Waals surface area contributed by atoms with Crippen LogP contribution in [0.4, 0.5) is 5.69 Å². The molecular formula is C22H36N2O. The van der Waals surface area contributed by atoms with Crippen molar-refractivity contribution in [3.63, 3.8) is 0 Å². The van der Waals surface area contributed by atoms with Gasteiger partial charge in [0, 0.05) is 31.4 Å². The summed E-state index contributed by atoms with van der Waals surface area (Å²) in [6.07, 6.45) is 9.27. The van der Waals surface area contributed by atoms with E-state index in [1.54, 1.807) is 0 Å². The summed E-state index contributed by atoms with van der Waals surface area (Å²) < 4.78 is 5.96. The van der Waals surface area contributed by atoms with Gasteiger partial charge in [0.1, 0.15) is 5.75 Å². The Balaban J connectivity index is 1.38. The molecule has 0 amide bonds. The normalized spacial score (nSPS) is 24.6. The molecule has 25 heavy (non-hydrogen) atoms. The van der Waals surface area contributed by atoms with Crippen LogP contribution in [0.5, 0.6) is 5.75 Å². The molecule has 0 aliphatic carbocycles. The zero-order valence-electron chi connectivity index (χ0n) is 16.3. The van der Waals surface area contributed by atoms with Gasteiger partial charge in [-0.2, -0.15) is 0 Å². The molecule has 2 atom stereocenters. The molecular weight excluding hydrogens is 308 g/mol. The van der Waals surface area contributed by atoms with Crippen molar-refractivity contribution in [2.24, 2.45) is 5.92 Å². The maximum Gasteiger partial charge on any atom is 0.119 e. The molecule has 0 N–H and O–H groups in total. The fourth-order valence-electron chi connectivity index (χ4n) is 4.41. The van der Waals surface area contributed by atoms with E-state index in [-0.39, 0.29) is 0 Å². The number of nitrogens with zero attached hydrogens (tertiary/aromatic N) is 2. The van der Waals surface area contributed by atoms with Crippen LogP contribution in [0.15, 0.2) is 24.3 Å². The predicted molar refractivity (Wildman–Crippen MR) is 107 cm³/mol. The van der Waals surface area contributed by atoms with Gasteiger partial charge in [-0.25, -0.2) is 0 Å². The van der Waals surface area contributed by atoms with E-state index in [1.165, 1.54) is 70.4 Å². The minimum atomic E-state index is 0.755. The topological polar surface area (TPSA) is 15.7 Å². The first-order valence-electron chi connectivity index (χ1n) is 10.5. The molecule has 2 heterocycles. The third-order valence-electron chi connectivity index (χ3n) is 5.98. The monoisotopic (exact) mass is 344 g/mol. The van der Waals surface area contributed by atoms with E-state index in [0.717, 1.165) is 30.7 Å². The van der Waals surface area contributed by atoms with E-state index in [0.29, 0.717) is 0 Å². The summed E-state index contributed by atoms with van der Waals surface area (Å²) in [6.45, 7) is 10.4. The molecule has 2 fully saturated rings. The molecule has 0 saturated carbocycles. The maximum absolute atomic E-state index is 5.96. The van der Waals surface area contributed by atoms with E-state index in [4.69, 9.17) is 4.74 Å². The lowest BCUT2D eigenvalue weighted by atomic mass is 10.0. The molecule has 0 radical (unpaired) electrons. The summed E-state index contributed by atoms with van der Waals surface area (Å²) in [5, 5.41) is 0.